The number of imide groups is 1. The molecule has 184 valence electrons. The first kappa shape index (κ1) is 23.0. The van der Waals surface area contributed by atoms with Crippen molar-refractivity contribution in [2.24, 2.45) is 0 Å². The van der Waals surface area contributed by atoms with Gasteiger partial charge in [-0.2, -0.15) is 0 Å². The van der Waals surface area contributed by atoms with Gasteiger partial charge in [0.2, 0.25) is 0 Å². The first-order chi connectivity index (χ1) is 18.0. The zero-order valence-electron chi connectivity index (χ0n) is 20.7. The Morgan fingerprint density at radius 1 is 0.730 bits per heavy atom. The van der Waals surface area contributed by atoms with E-state index >= 15 is 0 Å². The molecule has 6 nitrogen and oxygen atoms in total. The fourth-order valence-electron chi connectivity index (χ4n) is 5.01. The van der Waals surface area contributed by atoms with Crippen molar-refractivity contribution < 1.29 is 9.59 Å². The number of anilines is 2. The third-order valence-corrected chi connectivity index (χ3v) is 7.23. The van der Waals surface area contributed by atoms with Crippen molar-refractivity contribution in [2.45, 2.75) is 0 Å². The number of rotatable bonds is 4. The van der Waals surface area contributed by atoms with Gasteiger partial charge >= 0.3 is 0 Å². The Hall–Kier alpha value is -4.42. The summed E-state index contributed by atoms with van der Waals surface area (Å²) in [6.07, 6.45) is 1.69. The Balaban J connectivity index is 1.28. The molecule has 1 fully saturated rings. The van der Waals surface area contributed by atoms with Crippen LogP contribution in [0, 0.1) is 0 Å². The van der Waals surface area contributed by atoms with Gasteiger partial charge in [-0.25, -0.2) is 0 Å². The predicted molar refractivity (Wildman–Crippen MR) is 150 cm³/mol. The summed E-state index contributed by atoms with van der Waals surface area (Å²) >= 11 is 0. The third-order valence-electron chi connectivity index (χ3n) is 7.23. The largest absolute Gasteiger partial charge is 0.369 e. The number of benzene rings is 4. The van der Waals surface area contributed by atoms with E-state index in [4.69, 9.17) is 0 Å². The molecule has 0 spiro atoms. The summed E-state index contributed by atoms with van der Waals surface area (Å²) in [5.41, 5.74) is 5.60. The highest BCUT2D eigenvalue weighted by molar-refractivity contribution is 6.31. The van der Waals surface area contributed by atoms with Crippen LogP contribution in [0.2, 0.25) is 0 Å². The van der Waals surface area contributed by atoms with Crippen LogP contribution < -0.4 is 15.5 Å². The van der Waals surface area contributed by atoms with Gasteiger partial charge in [-0.15, -0.1) is 0 Å². The molecule has 0 unspecified atom stereocenters. The molecule has 37 heavy (non-hydrogen) atoms. The van der Waals surface area contributed by atoms with Crippen molar-refractivity contribution in [2.75, 3.05) is 43.4 Å². The van der Waals surface area contributed by atoms with Gasteiger partial charge in [-0.1, -0.05) is 42.5 Å². The Morgan fingerprint density at radius 3 is 2.22 bits per heavy atom. The standard InChI is InChI=1S/C31H28N4O2/c1-34-14-16-35(17-15-34)26-11-9-25(10-12-26)32-20-29-28-19-24(8-13-27(28)30(36)33-31(29)37)23-7-6-21-4-2-3-5-22(21)18-23/h2-13,18-20,32H,14-17H2,1H3,(H,33,36,37). The number of fused-ring (bicyclic) bond motifs is 2. The number of carbonyl (C=O) groups excluding carboxylic acids is 2. The number of piperazine rings is 1. The number of nitrogens with zero attached hydrogens (tertiary/aromatic N) is 2. The summed E-state index contributed by atoms with van der Waals surface area (Å²) < 4.78 is 0. The van der Waals surface area contributed by atoms with Gasteiger partial charge < -0.3 is 15.1 Å². The average molecular weight is 489 g/mol. The minimum absolute atomic E-state index is 0.376. The van der Waals surface area contributed by atoms with Crippen LogP contribution in [0.15, 0.2) is 91.1 Å². The molecule has 0 saturated carbocycles. The van der Waals surface area contributed by atoms with Crippen LogP contribution in [0.25, 0.3) is 27.5 Å². The Kier molecular flexibility index (Phi) is 5.94. The molecule has 2 aliphatic heterocycles. The number of amides is 2. The lowest BCUT2D eigenvalue weighted by Crippen LogP contribution is -2.44. The van der Waals surface area contributed by atoms with Crippen LogP contribution in [0.3, 0.4) is 0 Å². The van der Waals surface area contributed by atoms with Crippen molar-refractivity contribution in [1.29, 1.82) is 0 Å². The fraction of sp³-hybridized carbons (Fsp3) is 0.161. The maximum atomic E-state index is 12.8. The number of nitrogens with one attached hydrogen (secondary N) is 2. The summed E-state index contributed by atoms with van der Waals surface area (Å²) in [4.78, 5) is 30.1. The van der Waals surface area contributed by atoms with Crippen LogP contribution in [0.1, 0.15) is 15.9 Å². The molecule has 2 N–H and O–H groups in total. The molecular weight excluding hydrogens is 460 g/mol. The van der Waals surface area contributed by atoms with E-state index in [2.05, 4.69) is 69.9 Å². The maximum absolute atomic E-state index is 12.8. The van der Waals surface area contributed by atoms with E-state index in [-0.39, 0.29) is 5.91 Å². The number of carbonyl (C=O) groups is 2. The lowest BCUT2D eigenvalue weighted by Gasteiger charge is -2.34. The molecule has 6 rings (SSSR count). The summed E-state index contributed by atoms with van der Waals surface area (Å²) in [5, 5.41) is 8.04. The van der Waals surface area contributed by atoms with Crippen molar-refractivity contribution in [3.05, 3.63) is 102 Å². The van der Waals surface area contributed by atoms with Crippen molar-refractivity contribution in [3.63, 3.8) is 0 Å². The SMILES string of the molecule is CN1CCN(c2ccc(NC=C3C(=O)NC(=O)c4ccc(-c5ccc6ccccc6c5)cc43)cc2)CC1. The van der Waals surface area contributed by atoms with E-state index in [1.54, 1.807) is 12.3 Å². The van der Waals surface area contributed by atoms with E-state index in [0.717, 1.165) is 48.4 Å². The molecule has 2 aliphatic rings. The predicted octanol–water partition coefficient (Wildman–Crippen LogP) is 4.98. The number of hydrogen-bond acceptors (Lipinski definition) is 5. The summed E-state index contributed by atoms with van der Waals surface area (Å²) in [7, 11) is 2.15. The molecular formula is C31H28N4O2. The smallest absolute Gasteiger partial charge is 0.260 e. The Bertz CT molecular complexity index is 1530. The molecule has 0 aliphatic carbocycles. The van der Waals surface area contributed by atoms with Gasteiger partial charge in [0.25, 0.3) is 11.8 Å². The van der Waals surface area contributed by atoms with Gasteiger partial charge in [-0.05, 0) is 71.4 Å². The second kappa shape index (κ2) is 9.56. The van der Waals surface area contributed by atoms with Gasteiger partial charge in [0.1, 0.15) is 0 Å². The first-order valence-electron chi connectivity index (χ1n) is 12.5. The highest BCUT2D eigenvalue weighted by Gasteiger charge is 2.27. The molecule has 0 radical (unpaired) electrons. The minimum atomic E-state index is -0.408. The van der Waals surface area contributed by atoms with E-state index < -0.39 is 5.91 Å². The molecule has 2 amide bonds. The van der Waals surface area contributed by atoms with Crippen LogP contribution in [-0.2, 0) is 4.79 Å². The number of hydrogen-bond donors (Lipinski definition) is 2. The summed E-state index contributed by atoms with van der Waals surface area (Å²) in [6.45, 7) is 4.14. The van der Waals surface area contributed by atoms with E-state index in [9.17, 15) is 9.59 Å². The molecule has 0 atom stereocenters. The second-order valence-corrected chi connectivity index (χ2v) is 9.65. The topological polar surface area (TPSA) is 64.7 Å². The molecule has 0 bridgehead atoms. The lowest BCUT2D eigenvalue weighted by atomic mass is 9.91. The fourth-order valence-corrected chi connectivity index (χ4v) is 5.01. The highest BCUT2D eigenvalue weighted by atomic mass is 16.2. The van der Waals surface area contributed by atoms with Crippen LogP contribution >= 0.6 is 0 Å². The summed E-state index contributed by atoms with van der Waals surface area (Å²) in [6, 6.07) is 28.4. The van der Waals surface area contributed by atoms with Gasteiger partial charge in [0.05, 0.1) is 5.57 Å². The zero-order valence-corrected chi connectivity index (χ0v) is 20.7. The minimum Gasteiger partial charge on any atom is -0.369 e. The van der Waals surface area contributed by atoms with Crippen LogP contribution in [0.5, 0.6) is 0 Å². The van der Waals surface area contributed by atoms with E-state index in [1.807, 2.05) is 36.4 Å². The average Bonchev–Trinajstić information content (AvgIpc) is 2.93. The quantitative estimate of drug-likeness (QED) is 0.313. The lowest BCUT2D eigenvalue weighted by molar-refractivity contribution is -0.114. The molecule has 6 heteroatoms. The number of likely N-dealkylation sites (N-methyl/N-ethyl adjacent to an activating group) is 1. The molecule has 2 heterocycles. The van der Waals surface area contributed by atoms with Crippen LogP contribution in [0.4, 0.5) is 11.4 Å². The maximum Gasteiger partial charge on any atom is 0.260 e. The Morgan fingerprint density at radius 2 is 1.43 bits per heavy atom. The molecule has 4 aromatic rings. The molecule has 0 aromatic heterocycles. The van der Waals surface area contributed by atoms with Gasteiger partial charge in [0.15, 0.2) is 0 Å². The van der Waals surface area contributed by atoms with E-state index in [1.165, 1.54) is 11.1 Å². The second-order valence-electron chi connectivity index (χ2n) is 9.65. The molecule has 4 aromatic carbocycles. The third kappa shape index (κ3) is 4.59. The van der Waals surface area contributed by atoms with Gasteiger partial charge in [-0.3, -0.25) is 14.9 Å². The first-order valence-corrected chi connectivity index (χ1v) is 12.5. The zero-order chi connectivity index (χ0) is 25.4. The van der Waals surface area contributed by atoms with Crippen molar-refractivity contribution in [3.8, 4) is 11.1 Å². The van der Waals surface area contributed by atoms with Crippen LogP contribution in [-0.4, -0.2) is 49.9 Å². The van der Waals surface area contributed by atoms with Gasteiger partial charge in [0, 0.05) is 54.9 Å². The Labute approximate surface area is 216 Å². The van der Waals surface area contributed by atoms with E-state index in [0.29, 0.717) is 16.7 Å². The molecule has 1 saturated heterocycles. The monoisotopic (exact) mass is 488 g/mol. The summed E-state index contributed by atoms with van der Waals surface area (Å²) in [5.74, 6) is -0.784. The van der Waals surface area contributed by atoms with Crippen molar-refractivity contribution >= 4 is 39.5 Å². The highest BCUT2D eigenvalue weighted by Crippen LogP contribution is 2.31. The van der Waals surface area contributed by atoms with Crippen molar-refractivity contribution in [1.82, 2.24) is 10.2 Å². The normalized spacial score (nSPS) is 17.1.